The van der Waals surface area contributed by atoms with Crippen molar-refractivity contribution in [3.8, 4) is 5.75 Å². The summed E-state index contributed by atoms with van der Waals surface area (Å²) < 4.78 is 11.5. The number of aryl methyl sites for hydroxylation is 2. The van der Waals surface area contributed by atoms with Gasteiger partial charge in [0, 0.05) is 17.7 Å². The molecule has 0 saturated heterocycles. The van der Waals surface area contributed by atoms with E-state index in [1.807, 2.05) is 49.4 Å². The van der Waals surface area contributed by atoms with Gasteiger partial charge in [0.05, 0.1) is 6.61 Å². The summed E-state index contributed by atoms with van der Waals surface area (Å²) in [7, 11) is 0. The lowest BCUT2D eigenvalue weighted by Gasteiger charge is -2.08. The molecule has 1 aromatic heterocycles. The first-order valence-corrected chi connectivity index (χ1v) is 10.5. The highest BCUT2D eigenvalue weighted by molar-refractivity contribution is 6.04. The quantitative estimate of drug-likeness (QED) is 0.398. The lowest BCUT2D eigenvalue weighted by Crippen LogP contribution is -2.11. The molecule has 1 heterocycles. The second-order valence-corrected chi connectivity index (χ2v) is 7.74. The van der Waals surface area contributed by atoms with Crippen molar-refractivity contribution in [3.63, 3.8) is 0 Å². The number of benzene rings is 3. The average Bonchev–Trinajstić information content (AvgIpc) is 3.16. The van der Waals surface area contributed by atoms with Gasteiger partial charge in [-0.2, -0.15) is 0 Å². The molecule has 0 unspecified atom stereocenters. The highest BCUT2D eigenvalue weighted by Gasteiger charge is 2.10. The van der Waals surface area contributed by atoms with Crippen LogP contribution in [0.3, 0.4) is 0 Å². The Morgan fingerprint density at radius 3 is 2.48 bits per heavy atom. The number of nitrogens with one attached hydrogen (secondary N) is 1. The van der Waals surface area contributed by atoms with E-state index >= 15 is 0 Å². The van der Waals surface area contributed by atoms with Crippen LogP contribution in [-0.4, -0.2) is 17.5 Å². The van der Waals surface area contributed by atoms with Gasteiger partial charge in [0.2, 0.25) is 0 Å². The zero-order valence-corrected chi connectivity index (χ0v) is 18.1. The van der Waals surface area contributed by atoms with Crippen molar-refractivity contribution in [2.75, 3.05) is 11.9 Å². The number of aromatic nitrogens is 1. The van der Waals surface area contributed by atoms with Crippen molar-refractivity contribution in [3.05, 3.63) is 88.8 Å². The van der Waals surface area contributed by atoms with E-state index in [4.69, 9.17) is 9.15 Å². The smallest absolute Gasteiger partial charge is 0.255 e. The first-order chi connectivity index (χ1) is 15.0. The fourth-order valence-electron chi connectivity index (χ4n) is 3.50. The number of carbonyl (C=O) groups excluding carboxylic acids is 1. The maximum atomic E-state index is 12.5. The fraction of sp³-hybridized carbons (Fsp3) is 0.231. The predicted molar refractivity (Wildman–Crippen MR) is 123 cm³/mol. The third kappa shape index (κ3) is 4.94. The van der Waals surface area contributed by atoms with Gasteiger partial charge in [-0.15, -0.1) is 0 Å². The molecule has 31 heavy (non-hydrogen) atoms. The third-order valence-electron chi connectivity index (χ3n) is 5.02. The number of anilines is 1. The van der Waals surface area contributed by atoms with Crippen LogP contribution in [-0.2, 0) is 6.42 Å². The maximum Gasteiger partial charge on any atom is 0.255 e. The zero-order valence-electron chi connectivity index (χ0n) is 18.1. The Kier molecular flexibility index (Phi) is 6.03. The second-order valence-electron chi connectivity index (χ2n) is 7.74. The summed E-state index contributed by atoms with van der Waals surface area (Å²) in [6.45, 7) is 6.82. The van der Waals surface area contributed by atoms with E-state index in [1.54, 1.807) is 12.1 Å². The van der Waals surface area contributed by atoms with Crippen LogP contribution in [0.1, 0.15) is 46.3 Å². The first kappa shape index (κ1) is 20.7. The van der Waals surface area contributed by atoms with E-state index in [2.05, 4.69) is 30.2 Å². The van der Waals surface area contributed by atoms with Crippen molar-refractivity contribution in [1.82, 2.24) is 4.98 Å². The number of hydrogen-bond donors (Lipinski definition) is 1. The van der Waals surface area contributed by atoms with Crippen molar-refractivity contribution in [2.45, 2.75) is 33.6 Å². The van der Waals surface area contributed by atoms with E-state index in [0.29, 0.717) is 24.5 Å². The Morgan fingerprint density at radius 2 is 1.77 bits per heavy atom. The molecule has 5 nitrogen and oxygen atoms in total. The van der Waals surface area contributed by atoms with Crippen LogP contribution in [0, 0.1) is 13.8 Å². The maximum absolute atomic E-state index is 12.5. The van der Waals surface area contributed by atoms with E-state index < -0.39 is 0 Å². The number of rotatable bonds is 7. The number of oxazole rings is 1. The Morgan fingerprint density at radius 1 is 1.03 bits per heavy atom. The Hall–Kier alpha value is -3.60. The van der Waals surface area contributed by atoms with Gasteiger partial charge in [0.1, 0.15) is 11.3 Å². The van der Waals surface area contributed by atoms with Crippen LogP contribution in [0.4, 0.5) is 5.69 Å². The molecule has 0 saturated carbocycles. The third-order valence-corrected chi connectivity index (χ3v) is 5.02. The Labute approximate surface area is 182 Å². The molecule has 0 bridgehead atoms. The summed E-state index contributed by atoms with van der Waals surface area (Å²) in [5, 5.41) is 2.93. The number of carbonyl (C=O) groups is 1. The number of fused-ring (bicyclic) bond motifs is 1. The average molecular weight is 415 g/mol. The van der Waals surface area contributed by atoms with E-state index in [9.17, 15) is 4.79 Å². The first-order valence-electron chi connectivity index (χ1n) is 10.5. The number of amides is 1. The largest absolute Gasteiger partial charge is 0.494 e. The molecular weight excluding hydrogens is 388 g/mol. The second kappa shape index (κ2) is 9.04. The highest BCUT2D eigenvalue weighted by Crippen LogP contribution is 2.23. The van der Waals surface area contributed by atoms with Crippen molar-refractivity contribution in [1.29, 1.82) is 0 Å². The Bertz CT molecular complexity index is 1190. The SMILES string of the molecule is CCCOc1ccc(C(=O)Nc2ccc(Cc3nc4cc(C)cc(C)c4o3)cc2)cc1. The number of ether oxygens (including phenoxy) is 1. The van der Waals surface area contributed by atoms with Gasteiger partial charge in [0.15, 0.2) is 11.5 Å². The molecule has 1 amide bonds. The lowest BCUT2D eigenvalue weighted by molar-refractivity contribution is 0.102. The molecule has 0 aliphatic rings. The normalized spacial score (nSPS) is 10.9. The Balaban J connectivity index is 1.40. The summed E-state index contributed by atoms with van der Waals surface area (Å²) in [6, 6.07) is 19.0. The summed E-state index contributed by atoms with van der Waals surface area (Å²) in [5.41, 5.74) is 6.40. The van der Waals surface area contributed by atoms with Gasteiger partial charge in [0.25, 0.3) is 5.91 Å². The highest BCUT2D eigenvalue weighted by atomic mass is 16.5. The standard InChI is InChI=1S/C26H26N2O3/c1-4-13-30-22-11-7-20(8-12-22)26(29)27-21-9-5-19(6-10-21)16-24-28-23-15-17(2)14-18(3)25(23)31-24/h5-12,14-15H,4,13,16H2,1-3H3,(H,27,29). The minimum absolute atomic E-state index is 0.153. The predicted octanol–water partition coefficient (Wildman–Crippen LogP) is 6.08. The zero-order chi connectivity index (χ0) is 21.8. The molecule has 0 radical (unpaired) electrons. The molecule has 4 rings (SSSR count). The molecule has 0 aliphatic carbocycles. The van der Waals surface area contributed by atoms with Crippen LogP contribution in [0.15, 0.2) is 65.1 Å². The van der Waals surface area contributed by atoms with Crippen molar-refractivity contribution in [2.24, 2.45) is 0 Å². The summed E-state index contributed by atoms with van der Waals surface area (Å²) in [5.74, 6) is 1.30. The lowest BCUT2D eigenvalue weighted by atomic mass is 10.1. The number of hydrogen-bond acceptors (Lipinski definition) is 4. The topological polar surface area (TPSA) is 64.4 Å². The summed E-state index contributed by atoms with van der Waals surface area (Å²) in [4.78, 5) is 17.1. The van der Waals surface area contributed by atoms with Gasteiger partial charge in [-0.05, 0) is 79.4 Å². The summed E-state index contributed by atoms with van der Waals surface area (Å²) >= 11 is 0. The fourth-order valence-corrected chi connectivity index (χ4v) is 3.50. The van der Waals surface area contributed by atoms with Crippen LogP contribution in [0.5, 0.6) is 5.75 Å². The van der Waals surface area contributed by atoms with Crippen LogP contribution in [0.2, 0.25) is 0 Å². The molecule has 5 heteroatoms. The van der Waals surface area contributed by atoms with Crippen molar-refractivity contribution < 1.29 is 13.9 Å². The van der Waals surface area contributed by atoms with Crippen LogP contribution >= 0.6 is 0 Å². The molecule has 0 aliphatic heterocycles. The molecule has 1 N–H and O–H groups in total. The van der Waals surface area contributed by atoms with E-state index in [0.717, 1.165) is 40.1 Å². The summed E-state index contributed by atoms with van der Waals surface area (Å²) in [6.07, 6.45) is 1.55. The molecular formula is C26H26N2O3. The molecule has 0 atom stereocenters. The van der Waals surface area contributed by atoms with Gasteiger partial charge in [-0.3, -0.25) is 4.79 Å². The van der Waals surface area contributed by atoms with E-state index in [-0.39, 0.29) is 5.91 Å². The molecule has 3 aromatic carbocycles. The monoisotopic (exact) mass is 414 g/mol. The molecule has 0 spiro atoms. The van der Waals surface area contributed by atoms with Crippen LogP contribution in [0.25, 0.3) is 11.1 Å². The van der Waals surface area contributed by atoms with Gasteiger partial charge >= 0.3 is 0 Å². The molecule has 4 aromatic rings. The molecule has 158 valence electrons. The van der Waals surface area contributed by atoms with Crippen LogP contribution < -0.4 is 10.1 Å². The minimum atomic E-state index is -0.153. The van der Waals surface area contributed by atoms with Crippen molar-refractivity contribution >= 4 is 22.7 Å². The minimum Gasteiger partial charge on any atom is -0.494 e. The van der Waals surface area contributed by atoms with E-state index in [1.165, 1.54) is 5.56 Å². The number of nitrogens with zero attached hydrogens (tertiary/aromatic N) is 1. The van der Waals surface area contributed by atoms with Gasteiger partial charge in [-0.1, -0.05) is 25.1 Å². The van der Waals surface area contributed by atoms with Gasteiger partial charge < -0.3 is 14.5 Å². The van der Waals surface area contributed by atoms with Gasteiger partial charge in [-0.25, -0.2) is 4.98 Å². The molecule has 0 fully saturated rings.